The second kappa shape index (κ2) is 7.02. The first-order valence-corrected chi connectivity index (χ1v) is 6.90. The smallest absolute Gasteiger partial charge is 0.242 e. The Morgan fingerprint density at radius 3 is 2.29 bits per heavy atom. The number of aryl methyl sites for hydroxylation is 1. The molecule has 0 saturated carbocycles. The van der Waals surface area contributed by atoms with Crippen LogP contribution in [0.2, 0.25) is 0 Å². The predicted octanol–water partition coefficient (Wildman–Crippen LogP) is 1.84. The highest BCUT2D eigenvalue weighted by atomic mass is 16.3. The number of hydrogen-bond donors (Lipinski definition) is 3. The predicted molar refractivity (Wildman–Crippen MR) is 82.5 cm³/mol. The minimum atomic E-state index is -0.747. The summed E-state index contributed by atoms with van der Waals surface area (Å²) in [4.78, 5) is 12.2. The standard InChI is InChI=1S/C17H20N2O2/c1-12-7-9-14(10-8-12)16(18)17(21)19-15(11-20)13-5-3-2-4-6-13/h2-10,15-16,20H,11,18H2,1H3,(H,19,21). The molecular weight excluding hydrogens is 264 g/mol. The van der Waals surface area contributed by atoms with Crippen molar-refractivity contribution in [2.24, 2.45) is 5.73 Å². The molecule has 4 nitrogen and oxygen atoms in total. The van der Waals surface area contributed by atoms with E-state index in [0.717, 1.165) is 16.7 Å². The van der Waals surface area contributed by atoms with Crippen molar-refractivity contribution in [3.63, 3.8) is 0 Å². The number of benzene rings is 2. The molecule has 0 fully saturated rings. The Hall–Kier alpha value is -2.17. The Labute approximate surface area is 124 Å². The molecule has 0 radical (unpaired) electrons. The van der Waals surface area contributed by atoms with Crippen molar-refractivity contribution in [2.75, 3.05) is 6.61 Å². The van der Waals surface area contributed by atoms with Crippen LogP contribution in [-0.2, 0) is 4.79 Å². The van der Waals surface area contributed by atoms with Gasteiger partial charge in [-0.25, -0.2) is 0 Å². The molecule has 0 aliphatic rings. The molecule has 4 heteroatoms. The van der Waals surface area contributed by atoms with Gasteiger partial charge in [0, 0.05) is 0 Å². The zero-order chi connectivity index (χ0) is 15.2. The van der Waals surface area contributed by atoms with Crippen molar-refractivity contribution >= 4 is 5.91 Å². The summed E-state index contributed by atoms with van der Waals surface area (Å²) in [6.45, 7) is 1.81. The highest BCUT2D eigenvalue weighted by Crippen LogP contribution is 2.15. The largest absolute Gasteiger partial charge is 0.394 e. The van der Waals surface area contributed by atoms with E-state index >= 15 is 0 Å². The maximum Gasteiger partial charge on any atom is 0.242 e. The number of nitrogens with two attached hydrogens (primary N) is 1. The molecule has 0 aliphatic heterocycles. The highest BCUT2D eigenvalue weighted by molar-refractivity contribution is 5.83. The Kier molecular flexibility index (Phi) is 5.09. The molecule has 21 heavy (non-hydrogen) atoms. The van der Waals surface area contributed by atoms with Crippen molar-refractivity contribution in [3.8, 4) is 0 Å². The lowest BCUT2D eigenvalue weighted by atomic mass is 10.0. The van der Waals surface area contributed by atoms with Gasteiger partial charge in [0.25, 0.3) is 0 Å². The van der Waals surface area contributed by atoms with Gasteiger partial charge in [-0.2, -0.15) is 0 Å². The van der Waals surface area contributed by atoms with Crippen LogP contribution in [0.1, 0.15) is 28.8 Å². The molecule has 0 aliphatic carbocycles. The number of carbonyl (C=O) groups is 1. The maximum absolute atomic E-state index is 12.2. The zero-order valence-electron chi connectivity index (χ0n) is 12.0. The highest BCUT2D eigenvalue weighted by Gasteiger charge is 2.20. The summed E-state index contributed by atoms with van der Waals surface area (Å²) in [7, 11) is 0. The first-order chi connectivity index (χ1) is 10.1. The van der Waals surface area contributed by atoms with E-state index in [1.807, 2.05) is 61.5 Å². The minimum absolute atomic E-state index is 0.170. The van der Waals surface area contributed by atoms with Gasteiger partial charge in [-0.1, -0.05) is 60.2 Å². The van der Waals surface area contributed by atoms with Crippen molar-refractivity contribution in [2.45, 2.75) is 19.0 Å². The number of carbonyl (C=O) groups excluding carboxylic acids is 1. The third-order valence-corrected chi connectivity index (χ3v) is 3.42. The number of nitrogens with one attached hydrogen (secondary N) is 1. The van der Waals surface area contributed by atoms with Gasteiger partial charge in [0.05, 0.1) is 12.6 Å². The fraction of sp³-hybridized carbons (Fsp3) is 0.235. The lowest BCUT2D eigenvalue weighted by Gasteiger charge is -2.20. The summed E-state index contributed by atoms with van der Waals surface area (Å²) in [5, 5.41) is 12.2. The molecule has 0 saturated heterocycles. The molecule has 110 valence electrons. The lowest BCUT2D eigenvalue weighted by molar-refractivity contribution is -0.123. The van der Waals surface area contributed by atoms with Crippen molar-refractivity contribution < 1.29 is 9.90 Å². The van der Waals surface area contributed by atoms with E-state index in [-0.39, 0.29) is 12.5 Å². The van der Waals surface area contributed by atoms with E-state index in [1.165, 1.54) is 0 Å². The summed E-state index contributed by atoms with van der Waals surface area (Å²) in [6, 6.07) is 15.7. The van der Waals surface area contributed by atoms with E-state index in [4.69, 9.17) is 5.73 Å². The molecule has 2 atom stereocenters. The fourth-order valence-corrected chi connectivity index (χ4v) is 2.11. The minimum Gasteiger partial charge on any atom is -0.394 e. The van der Waals surface area contributed by atoms with E-state index in [9.17, 15) is 9.90 Å². The van der Waals surface area contributed by atoms with E-state index in [2.05, 4.69) is 5.32 Å². The molecule has 2 rings (SSSR count). The van der Waals surface area contributed by atoms with Crippen LogP contribution in [-0.4, -0.2) is 17.6 Å². The van der Waals surface area contributed by atoms with Gasteiger partial charge in [0.1, 0.15) is 6.04 Å². The molecule has 2 unspecified atom stereocenters. The van der Waals surface area contributed by atoms with Crippen LogP contribution < -0.4 is 11.1 Å². The lowest BCUT2D eigenvalue weighted by Crippen LogP contribution is -2.37. The van der Waals surface area contributed by atoms with Crippen LogP contribution >= 0.6 is 0 Å². The van der Waals surface area contributed by atoms with Crippen LogP contribution in [0.3, 0.4) is 0 Å². The number of amides is 1. The molecule has 0 bridgehead atoms. The van der Waals surface area contributed by atoms with E-state index in [0.29, 0.717) is 0 Å². The van der Waals surface area contributed by atoms with Crippen molar-refractivity contribution in [1.82, 2.24) is 5.32 Å². The first kappa shape index (κ1) is 15.2. The van der Waals surface area contributed by atoms with Crippen molar-refractivity contribution in [3.05, 3.63) is 71.3 Å². The van der Waals surface area contributed by atoms with Crippen LogP contribution in [0.15, 0.2) is 54.6 Å². The zero-order valence-corrected chi connectivity index (χ0v) is 12.0. The van der Waals surface area contributed by atoms with Gasteiger partial charge in [0.2, 0.25) is 5.91 Å². The van der Waals surface area contributed by atoms with Gasteiger partial charge in [-0.3, -0.25) is 4.79 Å². The first-order valence-electron chi connectivity index (χ1n) is 6.90. The SMILES string of the molecule is Cc1ccc(C(N)C(=O)NC(CO)c2ccccc2)cc1. The van der Waals surface area contributed by atoms with Crippen LogP contribution in [0, 0.1) is 6.92 Å². The van der Waals surface area contributed by atoms with Gasteiger partial charge in [0.15, 0.2) is 0 Å². The third kappa shape index (κ3) is 3.90. The average molecular weight is 284 g/mol. The number of rotatable bonds is 5. The second-order valence-corrected chi connectivity index (χ2v) is 5.04. The molecule has 2 aromatic carbocycles. The normalized spacial score (nSPS) is 13.5. The van der Waals surface area contributed by atoms with E-state index < -0.39 is 12.1 Å². The van der Waals surface area contributed by atoms with Crippen LogP contribution in [0.25, 0.3) is 0 Å². The van der Waals surface area contributed by atoms with Gasteiger partial charge in [-0.05, 0) is 18.1 Å². The number of hydrogen-bond acceptors (Lipinski definition) is 3. The van der Waals surface area contributed by atoms with E-state index in [1.54, 1.807) is 0 Å². The van der Waals surface area contributed by atoms with Crippen LogP contribution in [0.4, 0.5) is 0 Å². The van der Waals surface area contributed by atoms with Crippen molar-refractivity contribution in [1.29, 1.82) is 0 Å². The Morgan fingerprint density at radius 1 is 1.10 bits per heavy atom. The number of aliphatic hydroxyl groups is 1. The van der Waals surface area contributed by atoms with Crippen LogP contribution in [0.5, 0.6) is 0 Å². The monoisotopic (exact) mass is 284 g/mol. The van der Waals surface area contributed by atoms with Gasteiger partial charge in [-0.15, -0.1) is 0 Å². The molecule has 0 heterocycles. The maximum atomic E-state index is 12.2. The summed E-state index contributed by atoms with van der Waals surface area (Å²) >= 11 is 0. The summed E-state index contributed by atoms with van der Waals surface area (Å²) in [5.74, 6) is -0.304. The third-order valence-electron chi connectivity index (χ3n) is 3.42. The Morgan fingerprint density at radius 2 is 1.71 bits per heavy atom. The summed E-state index contributed by atoms with van der Waals surface area (Å²) < 4.78 is 0. The molecular formula is C17H20N2O2. The molecule has 0 aromatic heterocycles. The quantitative estimate of drug-likeness (QED) is 0.784. The Bertz CT molecular complexity index is 581. The molecule has 0 spiro atoms. The summed E-state index contributed by atoms with van der Waals surface area (Å²) in [5.41, 5.74) is 8.69. The molecule has 4 N–H and O–H groups in total. The van der Waals surface area contributed by atoms with Gasteiger partial charge >= 0.3 is 0 Å². The Balaban J connectivity index is 2.07. The topological polar surface area (TPSA) is 75.4 Å². The van der Waals surface area contributed by atoms with Gasteiger partial charge < -0.3 is 16.2 Å². The molecule has 1 amide bonds. The summed E-state index contributed by atoms with van der Waals surface area (Å²) in [6.07, 6.45) is 0. The fourth-order valence-electron chi connectivity index (χ4n) is 2.11. The molecule has 2 aromatic rings. The second-order valence-electron chi connectivity index (χ2n) is 5.04. The average Bonchev–Trinajstić information content (AvgIpc) is 2.53. The number of aliphatic hydroxyl groups excluding tert-OH is 1.